The summed E-state index contributed by atoms with van der Waals surface area (Å²) < 4.78 is 46.3. The zero-order valence-corrected chi connectivity index (χ0v) is 24.3. The van der Waals surface area contributed by atoms with Crippen molar-refractivity contribution in [3.05, 3.63) is 106 Å². The molecule has 10 heteroatoms. The highest BCUT2D eigenvalue weighted by molar-refractivity contribution is 5.98. The van der Waals surface area contributed by atoms with Crippen molar-refractivity contribution in [3.8, 4) is 34.1 Å². The number of halogens is 2. The molecule has 220 valence electrons. The summed E-state index contributed by atoms with van der Waals surface area (Å²) in [5, 5.41) is 0.706. The quantitative estimate of drug-likeness (QED) is 0.175. The Morgan fingerprint density at radius 1 is 0.930 bits per heavy atom. The van der Waals surface area contributed by atoms with Gasteiger partial charge in [-0.15, -0.1) is 0 Å². The van der Waals surface area contributed by atoms with E-state index >= 15 is 0 Å². The Balaban J connectivity index is 1.42. The minimum atomic E-state index is -1.07. The normalized spacial score (nSPS) is 11.2. The van der Waals surface area contributed by atoms with E-state index in [2.05, 4.69) is 9.97 Å². The molecular weight excluding hydrogens is 556 g/mol. The molecule has 0 atom stereocenters. The molecule has 0 N–H and O–H groups in total. The minimum Gasteiger partial charge on any atom is -0.493 e. The third-order valence-electron chi connectivity index (χ3n) is 7.13. The summed E-state index contributed by atoms with van der Waals surface area (Å²) in [6.07, 6.45) is 4.47. The first kappa shape index (κ1) is 29.4. The van der Waals surface area contributed by atoms with E-state index in [4.69, 9.17) is 14.2 Å². The molecule has 0 aliphatic carbocycles. The molecule has 0 aliphatic heterocycles. The van der Waals surface area contributed by atoms with E-state index in [9.17, 15) is 18.4 Å². The van der Waals surface area contributed by atoms with Gasteiger partial charge in [0.1, 0.15) is 11.5 Å². The van der Waals surface area contributed by atoms with Gasteiger partial charge in [0.2, 0.25) is 0 Å². The SMILES string of the molecule is COc1cc2nccc(Oc3ccc(CC(=O)c4cn(C(C)C)c(C)c(-c5ccc(F)c(F)c5)c4=O)nc3)c2cc1OC. The minimum absolute atomic E-state index is 0.0613. The first-order valence-electron chi connectivity index (χ1n) is 13.5. The number of pyridine rings is 3. The lowest BCUT2D eigenvalue weighted by Gasteiger charge is -2.20. The highest BCUT2D eigenvalue weighted by Crippen LogP contribution is 2.36. The number of ether oxygens (including phenoxy) is 3. The van der Waals surface area contributed by atoms with Gasteiger partial charge in [0.15, 0.2) is 34.3 Å². The largest absolute Gasteiger partial charge is 0.493 e. The predicted molar refractivity (Wildman–Crippen MR) is 158 cm³/mol. The Morgan fingerprint density at radius 2 is 1.67 bits per heavy atom. The Kier molecular flexibility index (Phi) is 8.20. The van der Waals surface area contributed by atoms with Crippen LogP contribution in [0.5, 0.6) is 23.0 Å². The second-order valence-electron chi connectivity index (χ2n) is 10.2. The van der Waals surface area contributed by atoms with Crippen molar-refractivity contribution >= 4 is 16.7 Å². The number of fused-ring (bicyclic) bond motifs is 1. The van der Waals surface area contributed by atoms with Gasteiger partial charge in [-0.1, -0.05) is 6.07 Å². The second kappa shape index (κ2) is 12.0. The van der Waals surface area contributed by atoms with Gasteiger partial charge in [-0.05, 0) is 62.7 Å². The summed E-state index contributed by atoms with van der Waals surface area (Å²) in [5.74, 6) is -0.527. The molecule has 0 radical (unpaired) electrons. The Morgan fingerprint density at radius 3 is 2.33 bits per heavy atom. The van der Waals surface area contributed by atoms with Crippen LogP contribution in [-0.2, 0) is 6.42 Å². The Hall–Kier alpha value is -5.12. The predicted octanol–water partition coefficient (Wildman–Crippen LogP) is 6.86. The zero-order chi connectivity index (χ0) is 30.8. The molecular formula is C33H29F2N3O5. The number of rotatable bonds is 9. The lowest BCUT2D eigenvalue weighted by atomic mass is 9.97. The maximum absolute atomic E-state index is 14.1. The van der Waals surface area contributed by atoms with Crippen LogP contribution < -0.4 is 19.6 Å². The van der Waals surface area contributed by atoms with Crippen LogP contribution in [0, 0.1) is 18.6 Å². The number of nitrogens with zero attached hydrogens (tertiary/aromatic N) is 3. The molecule has 3 aromatic heterocycles. The molecule has 0 saturated heterocycles. The average Bonchev–Trinajstić information content (AvgIpc) is 2.99. The number of carbonyl (C=O) groups is 1. The van der Waals surface area contributed by atoms with E-state index in [1.165, 1.54) is 18.5 Å². The average molecular weight is 586 g/mol. The molecule has 5 aromatic rings. The molecule has 0 amide bonds. The fourth-order valence-corrected chi connectivity index (χ4v) is 4.95. The van der Waals surface area contributed by atoms with Gasteiger partial charge in [-0.3, -0.25) is 19.6 Å². The molecule has 0 fully saturated rings. The maximum Gasteiger partial charge on any atom is 0.200 e. The fourth-order valence-electron chi connectivity index (χ4n) is 4.95. The van der Waals surface area contributed by atoms with Gasteiger partial charge in [0.25, 0.3) is 0 Å². The highest BCUT2D eigenvalue weighted by atomic mass is 19.2. The lowest BCUT2D eigenvalue weighted by Crippen LogP contribution is -2.24. The van der Waals surface area contributed by atoms with Crippen molar-refractivity contribution in [2.45, 2.75) is 33.2 Å². The van der Waals surface area contributed by atoms with E-state index in [0.717, 1.165) is 12.1 Å². The molecule has 0 aliphatic rings. The van der Waals surface area contributed by atoms with Gasteiger partial charge in [0.05, 0.1) is 37.9 Å². The topological polar surface area (TPSA) is 92.5 Å². The van der Waals surface area contributed by atoms with Crippen LogP contribution in [0.2, 0.25) is 0 Å². The number of hydrogen-bond donors (Lipinski definition) is 0. The van der Waals surface area contributed by atoms with Crippen LogP contribution in [0.1, 0.15) is 41.6 Å². The summed E-state index contributed by atoms with van der Waals surface area (Å²) in [6, 6.07) is 11.7. The van der Waals surface area contributed by atoms with Gasteiger partial charge >= 0.3 is 0 Å². The van der Waals surface area contributed by atoms with E-state index in [1.54, 1.807) is 62.2 Å². The molecule has 3 heterocycles. The monoisotopic (exact) mass is 585 g/mol. The molecule has 8 nitrogen and oxygen atoms in total. The number of benzene rings is 2. The molecule has 0 bridgehead atoms. The molecule has 0 saturated carbocycles. The van der Waals surface area contributed by atoms with E-state index in [0.29, 0.717) is 45.3 Å². The summed E-state index contributed by atoms with van der Waals surface area (Å²) in [5.41, 5.74) is 1.35. The summed E-state index contributed by atoms with van der Waals surface area (Å²) in [6.45, 7) is 5.52. The van der Waals surface area contributed by atoms with Crippen LogP contribution in [-0.4, -0.2) is 34.5 Å². The van der Waals surface area contributed by atoms with Gasteiger partial charge in [-0.2, -0.15) is 0 Å². The standard InChI is InChI=1S/C33H29F2N3O5/c1-18(2)38-17-24(33(40)32(19(38)3)20-6-9-25(34)26(35)12-20)28(39)13-21-7-8-22(16-37-21)43-29-10-11-36-27-15-31(42-5)30(41-4)14-23(27)29/h6-12,14-18H,13H2,1-5H3. The van der Waals surface area contributed by atoms with Crippen LogP contribution in [0.15, 0.2) is 71.9 Å². The van der Waals surface area contributed by atoms with Crippen LogP contribution in [0.4, 0.5) is 8.78 Å². The van der Waals surface area contributed by atoms with Crippen molar-refractivity contribution in [1.82, 2.24) is 14.5 Å². The lowest BCUT2D eigenvalue weighted by molar-refractivity contribution is 0.0990. The number of hydrogen-bond acceptors (Lipinski definition) is 7. The Labute approximate surface area is 246 Å². The highest BCUT2D eigenvalue weighted by Gasteiger charge is 2.22. The van der Waals surface area contributed by atoms with Crippen LogP contribution in [0.25, 0.3) is 22.0 Å². The molecule has 5 rings (SSSR count). The smallest absolute Gasteiger partial charge is 0.200 e. The maximum atomic E-state index is 14.1. The third-order valence-corrected chi connectivity index (χ3v) is 7.13. The molecule has 2 aromatic carbocycles. The molecule has 0 unspecified atom stereocenters. The van der Waals surface area contributed by atoms with E-state index in [1.807, 2.05) is 13.8 Å². The third kappa shape index (κ3) is 5.81. The number of carbonyl (C=O) groups excluding carboxylic acids is 1. The van der Waals surface area contributed by atoms with Crippen LogP contribution >= 0.6 is 0 Å². The first-order chi connectivity index (χ1) is 20.6. The van der Waals surface area contributed by atoms with Gasteiger partial charge in [-0.25, -0.2) is 8.78 Å². The summed E-state index contributed by atoms with van der Waals surface area (Å²) in [7, 11) is 3.09. The molecule has 43 heavy (non-hydrogen) atoms. The number of aromatic nitrogens is 3. The first-order valence-corrected chi connectivity index (χ1v) is 13.5. The summed E-state index contributed by atoms with van der Waals surface area (Å²) >= 11 is 0. The second-order valence-corrected chi connectivity index (χ2v) is 10.2. The van der Waals surface area contributed by atoms with E-state index in [-0.39, 0.29) is 29.2 Å². The Bertz CT molecular complexity index is 1900. The van der Waals surface area contributed by atoms with Gasteiger partial charge in [0, 0.05) is 46.8 Å². The number of methoxy groups -OCH3 is 2. The van der Waals surface area contributed by atoms with Crippen molar-refractivity contribution in [3.63, 3.8) is 0 Å². The van der Waals surface area contributed by atoms with Gasteiger partial charge < -0.3 is 18.8 Å². The van der Waals surface area contributed by atoms with Crippen molar-refractivity contribution in [1.29, 1.82) is 0 Å². The van der Waals surface area contributed by atoms with Crippen molar-refractivity contribution < 1.29 is 27.8 Å². The zero-order valence-electron chi connectivity index (χ0n) is 24.3. The number of Topliss-reactive ketones (excluding diaryl/α,β-unsaturated/α-hetero) is 1. The van der Waals surface area contributed by atoms with Crippen molar-refractivity contribution in [2.24, 2.45) is 0 Å². The van der Waals surface area contributed by atoms with Crippen LogP contribution in [0.3, 0.4) is 0 Å². The number of ketones is 1. The fraction of sp³-hybridized carbons (Fsp3) is 0.212. The van der Waals surface area contributed by atoms with E-state index < -0.39 is 22.8 Å². The van der Waals surface area contributed by atoms with Crippen molar-refractivity contribution in [2.75, 3.05) is 14.2 Å². The summed E-state index contributed by atoms with van der Waals surface area (Å²) in [4.78, 5) is 35.7. The molecule has 0 spiro atoms.